The van der Waals surface area contributed by atoms with Crippen LogP contribution in [0.15, 0.2) is 9.93 Å². The summed E-state index contributed by atoms with van der Waals surface area (Å²) in [6.07, 6.45) is -0.776. The number of thioether (sulfide) groups is 2. The number of carbonyl (C=O) groups excluding carboxylic acids is 1. The molecule has 0 aliphatic carbocycles. The van der Waals surface area contributed by atoms with Crippen molar-refractivity contribution in [2.24, 2.45) is 11.7 Å². The van der Waals surface area contributed by atoms with E-state index in [1.54, 1.807) is 6.92 Å². The monoisotopic (exact) mass is 318 g/mol. The van der Waals surface area contributed by atoms with Gasteiger partial charge in [0, 0.05) is 11.3 Å². The predicted molar refractivity (Wildman–Crippen MR) is 78.8 cm³/mol. The zero-order valence-corrected chi connectivity index (χ0v) is 13.1. The summed E-state index contributed by atoms with van der Waals surface area (Å²) in [5.74, 6) is -1.96. The van der Waals surface area contributed by atoms with Crippen LogP contribution < -0.4 is 5.73 Å². The molecule has 0 aromatic rings. The number of fused-ring (bicyclic) bond motifs is 1. The van der Waals surface area contributed by atoms with Gasteiger partial charge in [-0.1, -0.05) is 18.7 Å². The highest BCUT2D eigenvalue weighted by molar-refractivity contribution is 8.23. The van der Waals surface area contributed by atoms with Gasteiger partial charge in [-0.25, -0.2) is 4.79 Å². The second-order valence-corrected chi connectivity index (χ2v) is 7.88. The van der Waals surface area contributed by atoms with Gasteiger partial charge in [0.05, 0.1) is 16.3 Å². The summed E-state index contributed by atoms with van der Waals surface area (Å²) in [6.45, 7) is 5.33. The van der Waals surface area contributed by atoms with Gasteiger partial charge in [0.15, 0.2) is 5.70 Å². The molecular formula is C12H18N2O4S2. The largest absolute Gasteiger partial charge is 0.477 e. The number of carbonyl (C=O) groups is 2. The minimum atomic E-state index is -1.11. The van der Waals surface area contributed by atoms with E-state index >= 15 is 0 Å². The van der Waals surface area contributed by atoms with Crippen molar-refractivity contribution in [1.82, 2.24) is 4.90 Å². The first-order valence-electron chi connectivity index (χ1n) is 6.33. The molecule has 2 aliphatic heterocycles. The second-order valence-electron chi connectivity index (χ2n) is 5.11. The van der Waals surface area contributed by atoms with Crippen LogP contribution in [0.25, 0.3) is 0 Å². The average Bonchev–Trinajstić information content (AvgIpc) is 2.63. The van der Waals surface area contributed by atoms with Crippen LogP contribution in [-0.4, -0.2) is 49.8 Å². The molecule has 0 spiro atoms. The van der Waals surface area contributed by atoms with E-state index in [4.69, 9.17) is 5.73 Å². The Hall–Kier alpha value is -0.700. The van der Waals surface area contributed by atoms with E-state index in [2.05, 4.69) is 0 Å². The van der Waals surface area contributed by atoms with Crippen LogP contribution in [0.5, 0.6) is 0 Å². The molecule has 2 heterocycles. The van der Waals surface area contributed by atoms with Crippen molar-refractivity contribution >= 4 is 35.4 Å². The van der Waals surface area contributed by atoms with Crippen LogP contribution in [0, 0.1) is 5.92 Å². The molecule has 1 fully saturated rings. The fourth-order valence-corrected chi connectivity index (χ4v) is 5.25. The second kappa shape index (κ2) is 5.59. The molecular weight excluding hydrogens is 300 g/mol. The Labute approximate surface area is 125 Å². The minimum absolute atomic E-state index is 0.0272. The van der Waals surface area contributed by atoms with E-state index in [0.29, 0.717) is 4.24 Å². The zero-order valence-electron chi connectivity index (χ0n) is 11.4. The smallest absolute Gasteiger partial charge is 0.354 e. The molecule has 1 amide bonds. The highest BCUT2D eigenvalue weighted by atomic mass is 32.2. The number of nitrogens with two attached hydrogens (primary N) is 1. The Morgan fingerprint density at radius 2 is 2.05 bits per heavy atom. The highest BCUT2D eigenvalue weighted by Crippen LogP contribution is 2.54. The summed E-state index contributed by atoms with van der Waals surface area (Å²) in [7, 11) is 0. The molecule has 112 valence electrons. The van der Waals surface area contributed by atoms with E-state index < -0.39 is 18.0 Å². The lowest BCUT2D eigenvalue weighted by Crippen LogP contribution is -2.60. The Morgan fingerprint density at radius 1 is 1.45 bits per heavy atom. The highest BCUT2D eigenvalue weighted by Gasteiger charge is 2.57. The van der Waals surface area contributed by atoms with Gasteiger partial charge in [0.2, 0.25) is 5.91 Å². The van der Waals surface area contributed by atoms with E-state index in [9.17, 15) is 19.8 Å². The number of carboxylic acid groups (broad SMARTS) is 1. The van der Waals surface area contributed by atoms with Crippen molar-refractivity contribution in [3.63, 3.8) is 0 Å². The number of nitrogens with zero attached hydrogens (tertiary/aromatic N) is 1. The summed E-state index contributed by atoms with van der Waals surface area (Å²) < 4.78 is 0.601. The van der Waals surface area contributed by atoms with Crippen LogP contribution in [-0.2, 0) is 9.59 Å². The first-order valence-corrected chi connectivity index (χ1v) is 8.09. The van der Waals surface area contributed by atoms with Gasteiger partial charge in [-0.05, 0) is 13.8 Å². The third-order valence-electron chi connectivity index (χ3n) is 3.50. The molecule has 6 nitrogen and oxygen atoms in total. The molecule has 0 radical (unpaired) electrons. The first kappa shape index (κ1) is 15.7. The van der Waals surface area contributed by atoms with E-state index in [1.165, 1.54) is 28.4 Å². The standard InChI is InChI=1S/C12H18N2O4S2/c1-4(13)6(3)19-12-8(11(17)18)14-9(16)7(5(2)15)10(14)20-12/h4-7,10,15H,13H2,1-3H3,(H,17,18)/t4?,5?,6?,7?,10-/m1/s1. The van der Waals surface area contributed by atoms with Crippen molar-refractivity contribution in [3.05, 3.63) is 9.93 Å². The number of carboxylic acids is 1. The third-order valence-corrected chi connectivity index (χ3v) is 6.44. The lowest BCUT2D eigenvalue weighted by molar-refractivity contribution is -0.156. The van der Waals surface area contributed by atoms with Gasteiger partial charge in [0.25, 0.3) is 0 Å². The van der Waals surface area contributed by atoms with Gasteiger partial charge in [-0.3, -0.25) is 9.69 Å². The van der Waals surface area contributed by atoms with Gasteiger partial charge < -0.3 is 15.9 Å². The molecule has 2 aliphatic rings. The van der Waals surface area contributed by atoms with Crippen LogP contribution in [0.3, 0.4) is 0 Å². The average molecular weight is 318 g/mol. The Bertz CT molecular complexity index is 478. The molecule has 1 saturated heterocycles. The molecule has 0 aromatic heterocycles. The normalized spacial score (nSPS) is 29.9. The van der Waals surface area contributed by atoms with Gasteiger partial charge >= 0.3 is 5.97 Å². The number of β-lactam (4-membered cyclic amide) rings is 1. The molecule has 4 N–H and O–H groups in total. The van der Waals surface area contributed by atoms with Crippen molar-refractivity contribution in [2.45, 2.75) is 43.5 Å². The number of aliphatic carboxylic acids is 1. The summed E-state index contributed by atoms with van der Waals surface area (Å²) in [5, 5.41) is 18.7. The van der Waals surface area contributed by atoms with Crippen LogP contribution in [0.4, 0.5) is 0 Å². The van der Waals surface area contributed by atoms with Crippen LogP contribution in [0.2, 0.25) is 0 Å². The number of hydrogen-bond acceptors (Lipinski definition) is 6. The molecule has 4 unspecified atom stereocenters. The van der Waals surface area contributed by atoms with Gasteiger partial charge in [0.1, 0.15) is 5.37 Å². The molecule has 5 atom stereocenters. The summed E-state index contributed by atoms with van der Waals surface area (Å²) >= 11 is 2.71. The Kier molecular flexibility index (Phi) is 4.38. The van der Waals surface area contributed by atoms with Crippen LogP contribution in [0.1, 0.15) is 20.8 Å². The van der Waals surface area contributed by atoms with Crippen molar-refractivity contribution in [2.75, 3.05) is 0 Å². The van der Waals surface area contributed by atoms with E-state index in [-0.39, 0.29) is 28.3 Å². The maximum absolute atomic E-state index is 12.0. The Balaban J connectivity index is 2.24. The lowest BCUT2D eigenvalue weighted by atomic mass is 9.92. The number of aliphatic hydroxyl groups is 1. The molecule has 0 saturated carbocycles. The number of aliphatic hydroxyl groups excluding tert-OH is 1. The van der Waals surface area contributed by atoms with E-state index in [1.807, 2.05) is 13.8 Å². The van der Waals surface area contributed by atoms with Gasteiger partial charge in [-0.2, -0.15) is 0 Å². The topological polar surface area (TPSA) is 104 Å². The molecule has 0 aromatic carbocycles. The van der Waals surface area contributed by atoms with Crippen molar-refractivity contribution in [3.8, 4) is 0 Å². The summed E-state index contributed by atoms with van der Waals surface area (Å²) in [4.78, 5) is 24.7. The quantitative estimate of drug-likeness (QED) is 0.638. The lowest BCUT2D eigenvalue weighted by Gasteiger charge is -2.43. The number of rotatable bonds is 5. The van der Waals surface area contributed by atoms with Crippen molar-refractivity contribution in [1.29, 1.82) is 0 Å². The summed E-state index contributed by atoms with van der Waals surface area (Å²) in [5.41, 5.74) is 5.83. The minimum Gasteiger partial charge on any atom is -0.477 e. The molecule has 8 heteroatoms. The first-order chi connectivity index (χ1) is 9.25. The molecule has 0 bridgehead atoms. The maximum Gasteiger partial charge on any atom is 0.354 e. The summed E-state index contributed by atoms with van der Waals surface area (Å²) in [6, 6.07) is -0.0836. The van der Waals surface area contributed by atoms with Crippen LogP contribution >= 0.6 is 23.5 Å². The van der Waals surface area contributed by atoms with Gasteiger partial charge in [-0.15, -0.1) is 11.8 Å². The molecule has 2 rings (SSSR count). The Morgan fingerprint density at radius 3 is 2.50 bits per heavy atom. The third kappa shape index (κ3) is 2.45. The maximum atomic E-state index is 12.0. The fourth-order valence-electron chi connectivity index (χ4n) is 2.11. The predicted octanol–water partition coefficient (Wildman–Crippen LogP) is 0.621. The van der Waals surface area contributed by atoms with Crippen molar-refractivity contribution < 1.29 is 19.8 Å². The number of hydrogen-bond donors (Lipinski definition) is 3. The fraction of sp³-hybridized carbons (Fsp3) is 0.667. The number of amides is 1. The molecule has 20 heavy (non-hydrogen) atoms. The SMILES string of the molecule is CC(N)C(C)SC1=C(C(=O)O)N2C(=O)C(C(C)O)[C@H]2S1. The van der Waals surface area contributed by atoms with E-state index in [0.717, 1.165) is 0 Å². The zero-order chi connectivity index (χ0) is 15.2.